The minimum atomic E-state index is -1.05. The number of benzene rings is 1. The highest BCUT2D eigenvalue weighted by Gasteiger charge is 2.14. The zero-order valence-electron chi connectivity index (χ0n) is 9.83. The van der Waals surface area contributed by atoms with E-state index in [1.165, 1.54) is 19.2 Å². The van der Waals surface area contributed by atoms with Crippen LogP contribution < -0.4 is 9.47 Å². The number of hydrogen-bond donors (Lipinski definition) is 1. The van der Waals surface area contributed by atoms with Crippen LogP contribution in [0.1, 0.15) is 30.1 Å². The van der Waals surface area contributed by atoms with E-state index in [-0.39, 0.29) is 10.6 Å². The summed E-state index contributed by atoms with van der Waals surface area (Å²) >= 11 is 5.97. The highest BCUT2D eigenvalue weighted by molar-refractivity contribution is 6.32. The van der Waals surface area contributed by atoms with Gasteiger partial charge >= 0.3 is 5.97 Å². The maximum atomic E-state index is 10.8. The van der Waals surface area contributed by atoms with E-state index in [0.29, 0.717) is 18.1 Å². The molecule has 1 aromatic rings. The van der Waals surface area contributed by atoms with Gasteiger partial charge in [0.05, 0.1) is 24.3 Å². The number of methoxy groups -OCH3 is 1. The number of carbonyl (C=O) groups is 1. The van der Waals surface area contributed by atoms with E-state index in [2.05, 4.69) is 6.92 Å². The Morgan fingerprint density at radius 2 is 2.18 bits per heavy atom. The van der Waals surface area contributed by atoms with E-state index >= 15 is 0 Å². The molecule has 1 aromatic carbocycles. The number of hydrogen-bond acceptors (Lipinski definition) is 3. The van der Waals surface area contributed by atoms with Crippen LogP contribution in [0, 0.1) is 0 Å². The highest BCUT2D eigenvalue weighted by Crippen LogP contribution is 2.36. The van der Waals surface area contributed by atoms with Crippen LogP contribution in [0.25, 0.3) is 0 Å². The summed E-state index contributed by atoms with van der Waals surface area (Å²) in [6.45, 7) is 2.58. The Morgan fingerprint density at radius 3 is 2.71 bits per heavy atom. The van der Waals surface area contributed by atoms with Crippen molar-refractivity contribution in [2.45, 2.75) is 19.8 Å². The zero-order valence-corrected chi connectivity index (χ0v) is 10.6. The fourth-order valence-corrected chi connectivity index (χ4v) is 1.57. The Hall–Kier alpha value is -1.42. The second-order valence-electron chi connectivity index (χ2n) is 3.50. The van der Waals surface area contributed by atoms with Crippen LogP contribution in [-0.2, 0) is 0 Å². The minimum Gasteiger partial charge on any atom is -0.493 e. The number of ether oxygens (including phenoxy) is 2. The van der Waals surface area contributed by atoms with Gasteiger partial charge in [-0.3, -0.25) is 0 Å². The second-order valence-corrected chi connectivity index (χ2v) is 3.90. The fourth-order valence-electron chi connectivity index (χ4n) is 1.30. The Labute approximate surface area is 105 Å². The SMILES string of the molecule is CCCCOc1c(Cl)cc(C(=O)O)cc1OC. The van der Waals surface area contributed by atoms with Gasteiger partial charge in [0.25, 0.3) is 0 Å². The molecule has 0 saturated carbocycles. The summed E-state index contributed by atoms with van der Waals surface area (Å²) in [5.74, 6) is -0.316. The first-order chi connectivity index (χ1) is 8.10. The van der Waals surface area contributed by atoms with E-state index in [1.54, 1.807) is 0 Å². The lowest BCUT2D eigenvalue weighted by Crippen LogP contribution is -2.02. The number of rotatable bonds is 6. The van der Waals surface area contributed by atoms with Gasteiger partial charge in [-0.05, 0) is 18.6 Å². The van der Waals surface area contributed by atoms with Crippen molar-refractivity contribution in [1.29, 1.82) is 0 Å². The van der Waals surface area contributed by atoms with Crippen molar-refractivity contribution in [3.63, 3.8) is 0 Å². The lowest BCUT2D eigenvalue weighted by atomic mass is 10.2. The molecule has 0 heterocycles. The molecule has 0 atom stereocenters. The van der Waals surface area contributed by atoms with Gasteiger partial charge in [-0.1, -0.05) is 24.9 Å². The van der Waals surface area contributed by atoms with E-state index in [9.17, 15) is 4.79 Å². The summed E-state index contributed by atoms with van der Waals surface area (Å²) in [4.78, 5) is 10.8. The molecule has 0 radical (unpaired) electrons. The molecule has 0 bridgehead atoms. The number of aromatic carboxylic acids is 1. The molecule has 0 fully saturated rings. The highest BCUT2D eigenvalue weighted by atomic mass is 35.5. The van der Waals surface area contributed by atoms with Gasteiger partial charge in [-0.2, -0.15) is 0 Å². The average molecular weight is 259 g/mol. The van der Waals surface area contributed by atoms with Gasteiger partial charge in [0.1, 0.15) is 0 Å². The average Bonchev–Trinajstić information content (AvgIpc) is 2.30. The number of carboxylic acids is 1. The Kier molecular flexibility index (Phi) is 5.10. The minimum absolute atomic E-state index is 0.0784. The Morgan fingerprint density at radius 1 is 1.47 bits per heavy atom. The fraction of sp³-hybridized carbons (Fsp3) is 0.417. The zero-order chi connectivity index (χ0) is 12.8. The molecule has 0 aliphatic rings. The Balaban J connectivity index is 2.99. The third-order valence-corrected chi connectivity index (χ3v) is 2.50. The molecule has 1 rings (SSSR count). The molecule has 0 spiro atoms. The lowest BCUT2D eigenvalue weighted by Gasteiger charge is -2.12. The molecule has 0 aromatic heterocycles. The van der Waals surface area contributed by atoms with Gasteiger partial charge in [0.15, 0.2) is 11.5 Å². The maximum absolute atomic E-state index is 10.8. The first kappa shape index (κ1) is 13.6. The normalized spacial score (nSPS) is 10.1. The van der Waals surface area contributed by atoms with Crippen molar-refractivity contribution in [3.8, 4) is 11.5 Å². The number of halogens is 1. The smallest absolute Gasteiger partial charge is 0.335 e. The number of carboxylic acid groups (broad SMARTS) is 1. The second kappa shape index (κ2) is 6.35. The quantitative estimate of drug-likeness (QED) is 0.796. The standard InChI is InChI=1S/C12H15ClO4/c1-3-4-5-17-11-9(13)6-8(12(14)15)7-10(11)16-2/h6-7H,3-5H2,1-2H3,(H,14,15). The van der Waals surface area contributed by atoms with Gasteiger partial charge in [0.2, 0.25) is 0 Å². The molecular formula is C12H15ClO4. The third kappa shape index (κ3) is 3.53. The molecule has 0 aliphatic heterocycles. The van der Waals surface area contributed by atoms with E-state index in [0.717, 1.165) is 12.8 Å². The van der Waals surface area contributed by atoms with E-state index in [4.69, 9.17) is 26.2 Å². The molecule has 0 aliphatic carbocycles. The largest absolute Gasteiger partial charge is 0.493 e. The van der Waals surface area contributed by atoms with Crippen molar-refractivity contribution >= 4 is 17.6 Å². The molecule has 5 heteroatoms. The van der Waals surface area contributed by atoms with Crippen LogP contribution in [0.15, 0.2) is 12.1 Å². The van der Waals surface area contributed by atoms with Crippen LogP contribution in [0.5, 0.6) is 11.5 Å². The van der Waals surface area contributed by atoms with Crippen molar-refractivity contribution < 1.29 is 19.4 Å². The first-order valence-electron chi connectivity index (χ1n) is 5.33. The van der Waals surface area contributed by atoms with Crippen LogP contribution in [0.3, 0.4) is 0 Å². The number of unbranched alkanes of at least 4 members (excludes halogenated alkanes) is 1. The van der Waals surface area contributed by atoms with Crippen LogP contribution >= 0.6 is 11.6 Å². The molecular weight excluding hydrogens is 244 g/mol. The summed E-state index contributed by atoms with van der Waals surface area (Å²) in [5.41, 5.74) is 0.0784. The van der Waals surface area contributed by atoms with Crippen molar-refractivity contribution in [1.82, 2.24) is 0 Å². The molecule has 0 saturated heterocycles. The van der Waals surface area contributed by atoms with Crippen molar-refractivity contribution in [2.24, 2.45) is 0 Å². The maximum Gasteiger partial charge on any atom is 0.335 e. The summed E-state index contributed by atoms with van der Waals surface area (Å²) in [6, 6.07) is 2.75. The molecule has 17 heavy (non-hydrogen) atoms. The van der Waals surface area contributed by atoms with Crippen LogP contribution in [-0.4, -0.2) is 24.8 Å². The molecule has 0 amide bonds. The van der Waals surface area contributed by atoms with E-state index in [1.807, 2.05) is 0 Å². The van der Waals surface area contributed by atoms with Gasteiger partial charge < -0.3 is 14.6 Å². The Bertz CT molecular complexity index is 404. The summed E-state index contributed by atoms with van der Waals surface area (Å²) < 4.78 is 10.6. The summed E-state index contributed by atoms with van der Waals surface area (Å²) in [5, 5.41) is 9.13. The van der Waals surface area contributed by atoms with Gasteiger partial charge in [0, 0.05) is 0 Å². The van der Waals surface area contributed by atoms with Crippen LogP contribution in [0.2, 0.25) is 5.02 Å². The molecule has 0 unspecified atom stereocenters. The van der Waals surface area contributed by atoms with Crippen LogP contribution in [0.4, 0.5) is 0 Å². The molecule has 94 valence electrons. The summed E-state index contributed by atoms with van der Waals surface area (Å²) in [7, 11) is 1.45. The van der Waals surface area contributed by atoms with Gasteiger partial charge in [-0.15, -0.1) is 0 Å². The lowest BCUT2D eigenvalue weighted by molar-refractivity contribution is 0.0696. The molecule has 4 nitrogen and oxygen atoms in total. The predicted octanol–water partition coefficient (Wildman–Crippen LogP) is 3.23. The van der Waals surface area contributed by atoms with Crippen molar-refractivity contribution in [2.75, 3.05) is 13.7 Å². The van der Waals surface area contributed by atoms with Crippen molar-refractivity contribution in [3.05, 3.63) is 22.7 Å². The first-order valence-corrected chi connectivity index (χ1v) is 5.71. The van der Waals surface area contributed by atoms with Gasteiger partial charge in [-0.25, -0.2) is 4.79 Å². The monoisotopic (exact) mass is 258 g/mol. The summed E-state index contributed by atoms with van der Waals surface area (Å²) in [6.07, 6.45) is 1.91. The van der Waals surface area contributed by atoms with E-state index < -0.39 is 5.97 Å². The predicted molar refractivity (Wildman–Crippen MR) is 65.4 cm³/mol. The molecule has 1 N–H and O–H groups in total. The third-order valence-electron chi connectivity index (χ3n) is 2.22. The topological polar surface area (TPSA) is 55.8 Å².